The maximum atomic E-state index is 10.6. The van der Waals surface area contributed by atoms with Gasteiger partial charge in [-0.15, -0.1) is 0 Å². The average molecular weight is 265 g/mol. The van der Waals surface area contributed by atoms with Gasteiger partial charge in [0.05, 0.1) is 24.4 Å². The van der Waals surface area contributed by atoms with E-state index in [0.29, 0.717) is 5.88 Å². The lowest BCUT2D eigenvalue weighted by molar-refractivity contribution is -0.0880. The van der Waals surface area contributed by atoms with E-state index in [0.717, 1.165) is 12.0 Å². The van der Waals surface area contributed by atoms with Crippen LogP contribution < -0.4 is 4.74 Å². The van der Waals surface area contributed by atoms with Crippen LogP contribution >= 0.6 is 0 Å². The summed E-state index contributed by atoms with van der Waals surface area (Å²) in [5.41, 5.74) is 0.262. The van der Waals surface area contributed by atoms with Crippen molar-refractivity contribution in [2.75, 3.05) is 7.11 Å². The quantitative estimate of drug-likeness (QED) is 0.913. The molecule has 106 valence electrons. The van der Waals surface area contributed by atoms with E-state index in [-0.39, 0.29) is 17.1 Å². The molecule has 0 saturated carbocycles. The van der Waals surface area contributed by atoms with Gasteiger partial charge < -0.3 is 14.6 Å². The van der Waals surface area contributed by atoms with Crippen molar-refractivity contribution in [1.82, 2.24) is 4.98 Å². The second-order valence-electron chi connectivity index (χ2n) is 6.35. The van der Waals surface area contributed by atoms with E-state index in [2.05, 4.69) is 18.8 Å². The summed E-state index contributed by atoms with van der Waals surface area (Å²) in [5.74, 6) is 0.607. The summed E-state index contributed by atoms with van der Waals surface area (Å²) in [6, 6.07) is 3.63. The maximum Gasteiger partial charge on any atom is 0.212 e. The Morgan fingerprint density at radius 3 is 2.47 bits per heavy atom. The molecule has 1 N–H and O–H groups in total. The molecule has 19 heavy (non-hydrogen) atoms. The number of pyridine rings is 1. The summed E-state index contributed by atoms with van der Waals surface area (Å²) in [7, 11) is 1.58. The van der Waals surface area contributed by atoms with Crippen molar-refractivity contribution >= 4 is 0 Å². The van der Waals surface area contributed by atoms with Crippen molar-refractivity contribution in [1.29, 1.82) is 0 Å². The third kappa shape index (κ3) is 2.90. The predicted octanol–water partition coefficient (Wildman–Crippen LogP) is 2.72. The fourth-order valence-electron chi connectivity index (χ4n) is 3.02. The van der Waals surface area contributed by atoms with Crippen molar-refractivity contribution < 1.29 is 14.6 Å². The number of methoxy groups -OCH3 is 1. The van der Waals surface area contributed by atoms with Gasteiger partial charge in [0.1, 0.15) is 0 Å². The van der Waals surface area contributed by atoms with Gasteiger partial charge in [0.25, 0.3) is 0 Å². The summed E-state index contributed by atoms with van der Waals surface area (Å²) in [6.45, 7) is 8.20. The van der Waals surface area contributed by atoms with E-state index in [1.165, 1.54) is 0 Å². The largest absolute Gasteiger partial charge is 0.481 e. The number of nitrogens with zero attached hydrogens (tertiary/aromatic N) is 1. The Balaban J connectivity index is 2.21. The number of aromatic nitrogens is 1. The van der Waals surface area contributed by atoms with Gasteiger partial charge in [-0.2, -0.15) is 0 Å². The van der Waals surface area contributed by atoms with Crippen LogP contribution in [0.4, 0.5) is 0 Å². The standard InChI is InChI=1S/C15H23NO3/c1-14(2)8-11(15(3,4)19-14)13(17)10-6-7-12(18-5)16-9-10/h6-7,9,11,13,17H,8H2,1-5H3. The zero-order chi connectivity index (χ0) is 14.3. The lowest BCUT2D eigenvalue weighted by atomic mass is 9.81. The van der Waals surface area contributed by atoms with Crippen LogP contribution in [0.3, 0.4) is 0 Å². The molecule has 0 aliphatic carbocycles. The monoisotopic (exact) mass is 265 g/mol. The molecule has 0 aromatic carbocycles. The normalized spacial score (nSPS) is 26.1. The van der Waals surface area contributed by atoms with E-state index in [9.17, 15) is 5.11 Å². The lowest BCUT2D eigenvalue weighted by Gasteiger charge is -2.30. The van der Waals surface area contributed by atoms with Gasteiger partial charge in [0.2, 0.25) is 5.88 Å². The third-order valence-electron chi connectivity index (χ3n) is 3.83. The van der Waals surface area contributed by atoms with Crippen LogP contribution in [0.1, 0.15) is 45.8 Å². The molecule has 1 aromatic heterocycles. The minimum absolute atomic E-state index is 0.0534. The number of hydrogen-bond donors (Lipinski definition) is 1. The van der Waals surface area contributed by atoms with Gasteiger partial charge in [0.15, 0.2) is 0 Å². The highest BCUT2D eigenvalue weighted by atomic mass is 16.5. The fraction of sp³-hybridized carbons (Fsp3) is 0.667. The molecule has 1 saturated heterocycles. The molecule has 0 bridgehead atoms. The molecular weight excluding hydrogens is 242 g/mol. The van der Waals surface area contributed by atoms with E-state index in [1.807, 2.05) is 19.9 Å². The van der Waals surface area contributed by atoms with Crippen LogP contribution in [0, 0.1) is 5.92 Å². The SMILES string of the molecule is COc1ccc(C(O)C2CC(C)(C)OC2(C)C)cn1. The molecule has 1 aromatic rings. The highest BCUT2D eigenvalue weighted by Gasteiger charge is 2.49. The summed E-state index contributed by atoms with van der Waals surface area (Å²) >= 11 is 0. The minimum atomic E-state index is -0.574. The fourth-order valence-corrected chi connectivity index (χ4v) is 3.02. The van der Waals surface area contributed by atoms with Crippen molar-refractivity contribution in [2.45, 2.75) is 51.4 Å². The van der Waals surface area contributed by atoms with Crippen molar-refractivity contribution in [3.63, 3.8) is 0 Å². The zero-order valence-electron chi connectivity index (χ0n) is 12.3. The Hall–Kier alpha value is -1.13. The van der Waals surface area contributed by atoms with Crippen LogP contribution in [0.15, 0.2) is 18.3 Å². The van der Waals surface area contributed by atoms with Crippen LogP contribution in [0.5, 0.6) is 5.88 Å². The summed E-state index contributed by atoms with van der Waals surface area (Å²) in [5, 5.41) is 10.6. The van der Waals surface area contributed by atoms with Gasteiger partial charge in [-0.3, -0.25) is 0 Å². The molecule has 2 rings (SSSR count). The van der Waals surface area contributed by atoms with E-state index < -0.39 is 6.10 Å². The molecule has 1 aliphatic heterocycles. The molecule has 0 amide bonds. The van der Waals surface area contributed by atoms with Crippen LogP contribution in [-0.4, -0.2) is 28.4 Å². The number of ether oxygens (including phenoxy) is 2. The first-order valence-electron chi connectivity index (χ1n) is 6.63. The summed E-state index contributed by atoms with van der Waals surface area (Å²) in [6.07, 6.45) is 1.92. The number of rotatable bonds is 3. The average Bonchev–Trinajstić information content (AvgIpc) is 2.56. The number of hydrogen-bond acceptors (Lipinski definition) is 4. The zero-order valence-corrected chi connectivity index (χ0v) is 12.3. The summed E-state index contributed by atoms with van der Waals surface area (Å²) in [4.78, 5) is 4.15. The molecule has 1 aliphatic rings. The van der Waals surface area contributed by atoms with E-state index >= 15 is 0 Å². The van der Waals surface area contributed by atoms with Crippen LogP contribution in [-0.2, 0) is 4.74 Å². The van der Waals surface area contributed by atoms with Crippen molar-refractivity contribution in [3.05, 3.63) is 23.9 Å². The first-order valence-corrected chi connectivity index (χ1v) is 6.63. The molecular formula is C15H23NO3. The lowest BCUT2D eigenvalue weighted by Crippen LogP contribution is -2.32. The molecule has 2 unspecified atom stereocenters. The molecule has 4 heteroatoms. The Morgan fingerprint density at radius 1 is 1.37 bits per heavy atom. The molecule has 2 atom stereocenters. The first-order chi connectivity index (χ1) is 8.75. The number of aliphatic hydroxyl groups is 1. The summed E-state index contributed by atoms with van der Waals surface area (Å²) < 4.78 is 11.1. The molecule has 1 fully saturated rings. The molecule has 0 radical (unpaired) electrons. The van der Waals surface area contributed by atoms with E-state index in [4.69, 9.17) is 9.47 Å². The Labute approximate surface area is 114 Å². The number of aliphatic hydroxyl groups excluding tert-OH is 1. The Kier molecular flexibility index (Phi) is 3.58. The highest BCUT2D eigenvalue weighted by Crippen LogP contribution is 2.47. The van der Waals surface area contributed by atoms with Gasteiger partial charge in [-0.05, 0) is 45.7 Å². The first kappa shape index (κ1) is 14.3. The third-order valence-corrected chi connectivity index (χ3v) is 3.83. The second-order valence-corrected chi connectivity index (χ2v) is 6.35. The second kappa shape index (κ2) is 4.76. The Morgan fingerprint density at radius 2 is 2.05 bits per heavy atom. The van der Waals surface area contributed by atoms with Gasteiger partial charge in [-0.1, -0.05) is 0 Å². The highest BCUT2D eigenvalue weighted by molar-refractivity contribution is 5.21. The van der Waals surface area contributed by atoms with Gasteiger partial charge in [-0.25, -0.2) is 4.98 Å². The van der Waals surface area contributed by atoms with Crippen LogP contribution in [0.2, 0.25) is 0 Å². The van der Waals surface area contributed by atoms with E-state index in [1.54, 1.807) is 19.4 Å². The smallest absolute Gasteiger partial charge is 0.212 e. The van der Waals surface area contributed by atoms with Crippen LogP contribution in [0.25, 0.3) is 0 Å². The van der Waals surface area contributed by atoms with Gasteiger partial charge in [0, 0.05) is 18.2 Å². The Bertz CT molecular complexity index is 439. The van der Waals surface area contributed by atoms with Gasteiger partial charge >= 0.3 is 0 Å². The van der Waals surface area contributed by atoms with Crippen molar-refractivity contribution in [3.8, 4) is 5.88 Å². The molecule has 4 nitrogen and oxygen atoms in total. The van der Waals surface area contributed by atoms with Crippen molar-refractivity contribution in [2.24, 2.45) is 5.92 Å². The topological polar surface area (TPSA) is 51.6 Å². The minimum Gasteiger partial charge on any atom is -0.481 e. The molecule has 2 heterocycles. The predicted molar refractivity (Wildman–Crippen MR) is 73.1 cm³/mol. The molecule has 0 spiro atoms. The maximum absolute atomic E-state index is 10.6.